The predicted molar refractivity (Wildman–Crippen MR) is 75.4 cm³/mol. The molecule has 1 heterocycles. The van der Waals surface area contributed by atoms with Gasteiger partial charge in [-0.15, -0.1) is 0 Å². The molecule has 0 aliphatic heterocycles. The summed E-state index contributed by atoms with van der Waals surface area (Å²) in [6, 6.07) is 14.3. The van der Waals surface area contributed by atoms with E-state index >= 15 is 0 Å². The number of hydrogen-bond donors (Lipinski definition) is 3. The summed E-state index contributed by atoms with van der Waals surface area (Å²) in [4.78, 5) is 4.07. The molecule has 0 fully saturated rings. The molecule has 4 heteroatoms. The van der Waals surface area contributed by atoms with Crippen molar-refractivity contribution >= 4 is 11.5 Å². The molecule has 2 aromatic rings. The van der Waals surface area contributed by atoms with Gasteiger partial charge in [0.15, 0.2) is 0 Å². The van der Waals surface area contributed by atoms with Gasteiger partial charge in [-0.1, -0.05) is 37.3 Å². The molecule has 4 nitrogen and oxygen atoms in total. The summed E-state index contributed by atoms with van der Waals surface area (Å²) >= 11 is 0. The van der Waals surface area contributed by atoms with Crippen molar-refractivity contribution in [1.29, 1.82) is 0 Å². The SMILES string of the molecule is CC(CNc1ccnc(NN)c1)c1ccccc1. The monoisotopic (exact) mass is 242 g/mol. The molecule has 1 atom stereocenters. The normalized spacial score (nSPS) is 11.9. The van der Waals surface area contributed by atoms with Crippen LogP contribution in [0.2, 0.25) is 0 Å². The molecule has 0 amide bonds. The highest BCUT2D eigenvalue weighted by atomic mass is 15.2. The second-order valence-electron chi connectivity index (χ2n) is 4.27. The van der Waals surface area contributed by atoms with E-state index in [1.807, 2.05) is 18.2 Å². The number of benzene rings is 1. The van der Waals surface area contributed by atoms with Crippen LogP contribution in [0.3, 0.4) is 0 Å². The Hall–Kier alpha value is -2.07. The van der Waals surface area contributed by atoms with Crippen LogP contribution in [0.1, 0.15) is 18.4 Å². The van der Waals surface area contributed by atoms with Crippen molar-refractivity contribution in [2.75, 3.05) is 17.3 Å². The molecule has 4 N–H and O–H groups in total. The van der Waals surface area contributed by atoms with Crippen molar-refractivity contribution in [3.05, 3.63) is 54.2 Å². The van der Waals surface area contributed by atoms with E-state index in [0.717, 1.165) is 12.2 Å². The maximum Gasteiger partial charge on any atom is 0.141 e. The zero-order chi connectivity index (χ0) is 12.8. The Morgan fingerprint density at radius 2 is 2.00 bits per heavy atom. The third-order valence-corrected chi connectivity index (χ3v) is 2.89. The smallest absolute Gasteiger partial charge is 0.141 e. The first kappa shape index (κ1) is 12.4. The lowest BCUT2D eigenvalue weighted by atomic mass is 10.0. The third kappa shape index (κ3) is 3.21. The van der Waals surface area contributed by atoms with Crippen LogP contribution in [-0.4, -0.2) is 11.5 Å². The van der Waals surface area contributed by atoms with Crippen LogP contribution in [0.15, 0.2) is 48.7 Å². The van der Waals surface area contributed by atoms with Crippen LogP contribution in [0.4, 0.5) is 11.5 Å². The van der Waals surface area contributed by atoms with Crippen molar-refractivity contribution in [3.8, 4) is 0 Å². The molecule has 2 rings (SSSR count). The van der Waals surface area contributed by atoms with Crippen LogP contribution < -0.4 is 16.6 Å². The van der Waals surface area contributed by atoms with E-state index in [0.29, 0.717) is 11.7 Å². The molecule has 0 bridgehead atoms. The number of nitrogens with zero attached hydrogens (tertiary/aromatic N) is 1. The van der Waals surface area contributed by atoms with Gasteiger partial charge in [0, 0.05) is 24.5 Å². The first-order chi connectivity index (χ1) is 8.79. The summed E-state index contributed by atoms with van der Waals surface area (Å²) < 4.78 is 0. The summed E-state index contributed by atoms with van der Waals surface area (Å²) in [5, 5.41) is 3.38. The van der Waals surface area contributed by atoms with E-state index in [2.05, 4.69) is 46.9 Å². The highest BCUT2D eigenvalue weighted by Gasteiger charge is 2.04. The van der Waals surface area contributed by atoms with Gasteiger partial charge in [0.2, 0.25) is 0 Å². The number of hydrazine groups is 1. The minimum absolute atomic E-state index is 0.452. The Morgan fingerprint density at radius 1 is 1.22 bits per heavy atom. The Labute approximate surface area is 107 Å². The van der Waals surface area contributed by atoms with E-state index < -0.39 is 0 Å². The highest BCUT2D eigenvalue weighted by molar-refractivity contribution is 5.51. The van der Waals surface area contributed by atoms with Gasteiger partial charge >= 0.3 is 0 Å². The van der Waals surface area contributed by atoms with Gasteiger partial charge in [-0.25, -0.2) is 10.8 Å². The minimum Gasteiger partial charge on any atom is -0.384 e. The maximum atomic E-state index is 5.33. The van der Waals surface area contributed by atoms with E-state index in [4.69, 9.17) is 5.84 Å². The molecule has 1 unspecified atom stereocenters. The van der Waals surface area contributed by atoms with Crippen LogP contribution in [-0.2, 0) is 0 Å². The van der Waals surface area contributed by atoms with Gasteiger partial charge in [-0.2, -0.15) is 0 Å². The first-order valence-electron chi connectivity index (χ1n) is 6.01. The molecule has 0 radical (unpaired) electrons. The summed E-state index contributed by atoms with van der Waals surface area (Å²) in [6.45, 7) is 3.07. The molecule has 0 aliphatic rings. The Balaban J connectivity index is 1.95. The van der Waals surface area contributed by atoms with Crippen molar-refractivity contribution in [2.24, 2.45) is 5.84 Å². The molecular formula is C14H18N4. The van der Waals surface area contributed by atoms with Crippen molar-refractivity contribution in [1.82, 2.24) is 4.98 Å². The molecule has 94 valence electrons. The number of aromatic nitrogens is 1. The van der Waals surface area contributed by atoms with E-state index in [1.165, 1.54) is 5.56 Å². The number of nitrogen functional groups attached to an aromatic ring is 1. The molecule has 1 aromatic carbocycles. The summed E-state index contributed by atoms with van der Waals surface area (Å²) in [5.74, 6) is 6.44. The first-order valence-corrected chi connectivity index (χ1v) is 6.01. The fourth-order valence-corrected chi connectivity index (χ4v) is 1.79. The fourth-order valence-electron chi connectivity index (χ4n) is 1.79. The Morgan fingerprint density at radius 3 is 2.72 bits per heavy atom. The molecule has 0 aliphatic carbocycles. The molecule has 0 saturated carbocycles. The molecule has 0 spiro atoms. The van der Waals surface area contributed by atoms with Gasteiger partial charge in [0.05, 0.1) is 0 Å². The Bertz CT molecular complexity index is 484. The van der Waals surface area contributed by atoms with Gasteiger partial charge in [-0.05, 0) is 17.5 Å². The lowest BCUT2D eigenvalue weighted by Gasteiger charge is -2.14. The van der Waals surface area contributed by atoms with Gasteiger partial charge in [0.25, 0.3) is 0 Å². The second kappa shape index (κ2) is 6.02. The summed E-state index contributed by atoms with van der Waals surface area (Å²) in [6.07, 6.45) is 1.73. The average Bonchev–Trinajstić information content (AvgIpc) is 2.46. The number of hydrogen-bond acceptors (Lipinski definition) is 4. The van der Waals surface area contributed by atoms with E-state index in [1.54, 1.807) is 6.20 Å². The van der Waals surface area contributed by atoms with Gasteiger partial charge < -0.3 is 10.7 Å². The van der Waals surface area contributed by atoms with Gasteiger partial charge in [-0.3, -0.25) is 0 Å². The second-order valence-corrected chi connectivity index (χ2v) is 4.27. The van der Waals surface area contributed by atoms with E-state index in [-0.39, 0.29) is 0 Å². The quantitative estimate of drug-likeness (QED) is 0.557. The summed E-state index contributed by atoms with van der Waals surface area (Å²) in [5.41, 5.74) is 4.88. The number of nitrogens with two attached hydrogens (primary N) is 1. The number of rotatable bonds is 5. The highest BCUT2D eigenvalue weighted by Crippen LogP contribution is 2.17. The largest absolute Gasteiger partial charge is 0.384 e. The predicted octanol–water partition coefficient (Wildman–Crippen LogP) is 2.58. The van der Waals surface area contributed by atoms with Crippen LogP contribution >= 0.6 is 0 Å². The fraction of sp³-hybridized carbons (Fsp3) is 0.214. The average molecular weight is 242 g/mol. The zero-order valence-corrected chi connectivity index (χ0v) is 10.4. The number of nitrogens with one attached hydrogen (secondary N) is 2. The van der Waals surface area contributed by atoms with Crippen LogP contribution in [0.5, 0.6) is 0 Å². The zero-order valence-electron chi connectivity index (χ0n) is 10.4. The molecular weight excluding hydrogens is 224 g/mol. The molecule has 18 heavy (non-hydrogen) atoms. The Kier molecular flexibility index (Phi) is 4.15. The van der Waals surface area contributed by atoms with E-state index in [9.17, 15) is 0 Å². The number of anilines is 2. The van der Waals surface area contributed by atoms with Crippen molar-refractivity contribution in [2.45, 2.75) is 12.8 Å². The molecule has 0 saturated heterocycles. The molecule has 1 aromatic heterocycles. The third-order valence-electron chi connectivity index (χ3n) is 2.89. The van der Waals surface area contributed by atoms with Gasteiger partial charge in [0.1, 0.15) is 5.82 Å². The lowest BCUT2D eigenvalue weighted by molar-refractivity contribution is 0.805. The minimum atomic E-state index is 0.452. The van der Waals surface area contributed by atoms with Crippen molar-refractivity contribution < 1.29 is 0 Å². The van der Waals surface area contributed by atoms with Crippen molar-refractivity contribution in [3.63, 3.8) is 0 Å². The van der Waals surface area contributed by atoms with Crippen LogP contribution in [0.25, 0.3) is 0 Å². The van der Waals surface area contributed by atoms with Crippen LogP contribution in [0, 0.1) is 0 Å². The number of pyridine rings is 1. The lowest BCUT2D eigenvalue weighted by Crippen LogP contribution is -2.11. The summed E-state index contributed by atoms with van der Waals surface area (Å²) in [7, 11) is 0. The maximum absolute atomic E-state index is 5.33. The topological polar surface area (TPSA) is 63.0 Å². The standard InChI is InChI=1S/C14H18N4/c1-11(12-5-3-2-4-6-12)10-17-13-7-8-16-14(9-13)18-15/h2-9,11H,10,15H2,1H3,(H2,16,17,18).